The van der Waals surface area contributed by atoms with Crippen molar-refractivity contribution in [2.75, 3.05) is 22.6 Å². The first-order valence-corrected chi connectivity index (χ1v) is 8.71. The zero-order valence-electron chi connectivity index (χ0n) is 10.2. The van der Waals surface area contributed by atoms with Gasteiger partial charge in [0.15, 0.2) is 9.84 Å². The summed E-state index contributed by atoms with van der Waals surface area (Å²) >= 11 is 1.49. The van der Waals surface area contributed by atoms with E-state index in [4.69, 9.17) is 5.73 Å². The van der Waals surface area contributed by atoms with Gasteiger partial charge in [0.1, 0.15) is 10.6 Å². The van der Waals surface area contributed by atoms with Gasteiger partial charge in [-0.3, -0.25) is 0 Å². The van der Waals surface area contributed by atoms with Crippen LogP contribution in [0, 0.1) is 0 Å². The van der Waals surface area contributed by atoms with Crippen molar-refractivity contribution in [3.63, 3.8) is 0 Å². The molecule has 0 spiro atoms. The first-order valence-electron chi connectivity index (χ1n) is 6.01. The maximum atomic E-state index is 11.6. The molecule has 0 saturated carbocycles. The number of fused-ring (bicyclic) bond motifs is 1. The molecule has 2 aromatic heterocycles. The summed E-state index contributed by atoms with van der Waals surface area (Å²) < 4.78 is 23.3. The predicted octanol–water partition coefficient (Wildman–Crippen LogP) is 1.26. The van der Waals surface area contributed by atoms with Gasteiger partial charge >= 0.3 is 0 Å². The van der Waals surface area contributed by atoms with Crippen LogP contribution < -0.4 is 11.1 Å². The predicted molar refractivity (Wildman–Crippen MR) is 77.1 cm³/mol. The Morgan fingerprint density at radius 3 is 3.05 bits per heavy atom. The van der Waals surface area contributed by atoms with Gasteiger partial charge in [0, 0.05) is 6.04 Å². The molecular weight excluding hydrogens is 284 g/mol. The van der Waals surface area contributed by atoms with Gasteiger partial charge in [-0.15, -0.1) is 11.3 Å². The molecule has 6 nitrogen and oxygen atoms in total. The van der Waals surface area contributed by atoms with E-state index < -0.39 is 9.84 Å². The molecule has 0 amide bonds. The standard InChI is InChI=1S/C11H14N4O2S2/c12-11-14-9(8-3-4-18-10(8)15-11)13-7-2-1-5-19(16,17)6-7/h3-4,7H,1-2,5-6H2,(H3,12,13,14,15). The lowest BCUT2D eigenvalue weighted by atomic mass is 10.2. The van der Waals surface area contributed by atoms with Crippen LogP contribution in [0.25, 0.3) is 10.2 Å². The van der Waals surface area contributed by atoms with E-state index in [1.165, 1.54) is 11.3 Å². The van der Waals surface area contributed by atoms with Crippen LogP contribution in [-0.2, 0) is 9.84 Å². The normalized spacial score (nSPS) is 22.4. The molecule has 19 heavy (non-hydrogen) atoms. The summed E-state index contributed by atoms with van der Waals surface area (Å²) in [5.41, 5.74) is 5.67. The molecule has 0 bridgehead atoms. The number of nitrogen functional groups attached to an aromatic ring is 1. The second kappa shape index (κ2) is 4.61. The Balaban J connectivity index is 1.91. The van der Waals surface area contributed by atoms with E-state index in [1.807, 2.05) is 11.4 Å². The van der Waals surface area contributed by atoms with Crippen LogP contribution in [-0.4, -0.2) is 35.9 Å². The SMILES string of the molecule is Nc1nc(NC2CCCS(=O)(=O)C2)c2ccsc2n1. The Labute approximate surface area is 115 Å². The van der Waals surface area contributed by atoms with Crippen molar-refractivity contribution in [3.05, 3.63) is 11.4 Å². The Kier molecular flexibility index (Phi) is 3.06. The smallest absolute Gasteiger partial charge is 0.223 e. The molecule has 102 valence electrons. The van der Waals surface area contributed by atoms with E-state index in [0.717, 1.165) is 16.6 Å². The number of aromatic nitrogens is 2. The largest absolute Gasteiger partial charge is 0.368 e. The molecule has 1 saturated heterocycles. The lowest BCUT2D eigenvalue weighted by Gasteiger charge is -2.23. The topological polar surface area (TPSA) is 98.0 Å². The van der Waals surface area contributed by atoms with Crippen LogP contribution in [0.3, 0.4) is 0 Å². The van der Waals surface area contributed by atoms with Crippen LogP contribution in [0.4, 0.5) is 11.8 Å². The number of sulfone groups is 1. The zero-order valence-corrected chi connectivity index (χ0v) is 11.8. The number of nitrogens with two attached hydrogens (primary N) is 1. The third-order valence-corrected chi connectivity index (χ3v) is 5.77. The summed E-state index contributed by atoms with van der Waals surface area (Å²) in [6.45, 7) is 0. The molecule has 0 radical (unpaired) electrons. The fourth-order valence-electron chi connectivity index (χ4n) is 2.31. The number of hydrogen-bond acceptors (Lipinski definition) is 7. The molecule has 0 aliphatic carbocycles. The number of rotatable bonds is 2. The van der Waals surface area contributed by atoms with Crippen molar-refractivity contribution >= 4 is 43.2 Å². The van der Waals surface area contributed by atoms with Crippen LogP contribution in [0.1, 0.15) is 12.8 Å². The van der Waals surface area contributed by atoms with Gasteiger partial charge in [0.2, 0.25) is 5.95 Å². The minimum absolute atomic E-state index is 0.101. The van der Waals surface area contributed by atoms with E-state index in [0.29, 0.717) is 12.2 Å². The molecule has 1 atom stereocenters. The van der Waals surface area contributed by atoms with Gasteiger partial charge in [-0.05, 0) is 24.3 Å². The van der Waals surface area contributed by atoms with Crippen molar-refractivity contribution in [2.24, 2.45) is 0 Å². The summed E-state index contributed by atoms with van der Waals surface area (Å²) in [6, 6.07) is 1.81. The van der Waals surface area contributed by atoms with Crippen molar-refractivity contribution in [3.8, 4) is 0 Å². The number of anilines is 2. The van der Waals surface area contributed by atoms with E-state index >= 15 is 0 Å². The fourth-order valence-corrected chi connectivity index (χ4v) is 4.72. The third-order valence-electron chi connectivity index (χ3n) is 3.15. The molecule has 3 rings (SSSR count). The first kappa shape index (κ1) is 12.6. The summed E-state index contributed by atoms with van der Waals surface area (Å²) in [5.74, 6) is 1.27. The van der Waals surface area contributed by atoms with Gasteiger partial charge in [0.25, 0.3) is 0 Å². The molecule has 3 N–H and O–H groups in total. The molecule has 2 aromatic rings. The van der Waals surface area contributed by atoms with Gasteiger partial charge in [0.05, 0.1) is 16.9 Å². The van der Waals surface area contributed by atoms with Gasteiger partial charge < -0.3 is 11.1 Å². The minimum atomic E-state index is -2.94. The second-order valence-electron chi connectivity index (χ2n) is 4.67. The quantitative estimate of drug-likeness (QED) is 0.866. The number of hydrogen-bond donors (Lipinski definition) is 2. The molecule has 1 aliphatic heterocycles. The molecule has 3 heterocycles. The number of thiophene rings is 1. The van der Waals surface area contributed by atoms with Crippen LogP contribution >= 0.6 is 11.3 Å². The maximum Gasteiger partial charge on any atom is 0.223 e. The summed E-state index contributed by atoms with van der Waals surface area (Å²) in [7, 11) is -2.94. The number of nitrogens with one attached hydrogen (secondary N) is 1. The van der Waals surface area contributed by atoms with E-state index in [-0.39, 0.29) is 23.5 Å². The Hall–Kier alpha value is -1.41. The minimum Gasteiger partial charge on any atom is -0.368 e. The first-order chi connectivity index (χ1) is 9.03. The maximum absolute atomic E-state index is 11.6. The highest BCUT2D eigenvalue weighted by atomic mass is 32.2. The highest BCUT2D eigenvalue weighted by molar-refractivity contribution is 7.91. The average Bonchev–Trinajstić information content (AvgIpc) is 2.75. The highest BCUT2D eigenvalue weighted by Gasteiger charge is 2.25. The lowest BCUT2D eigenvalue weighted by molar-refractivity contribution is 0.561. The van der Waals surface area contributed by atoms with E-state index in [1.54, 1.807) is 0 Å². The lowest BCUT2D eigenvalue weighted by Crippen LogP contribution is -2.35. The second-order valence-corrected chi connectivity index (χ2v) is 7.79. The Morgan fingerprint density at radius 2 is 2.26 bits per heavy atom. The third kappa shape index (κ3) is 2.64. The van der Waals surface area contributed by atoms with Crippen molar-refractivity contribution < 1.29 is 8.42 Å². The van der Waals surface area contributed by atoms with E-state index in [2.05, 4.69) is 15.3 Å². The van der Waals surface area contributed by atoms with Gasteiger partial charge in [-0.25, -0.2) is 13.4 Å². The van der Waals surface area contributed by atoms with Crippen molar-refractivity contribution in [1.82, 2.24) is 9.97 Å². The Morgan fingerprint density at radius 1 is 1.42 bits per heavy atom. The Bertz CT molecular complexity index is 711. The molecular formula is C11H14N4O2S2. The fraction of sp³-hybridized carbons (Fsp3) is 0.455. The highest BCUT2D eigenvalue weighted by Crippen LogP contribution is 2.27. The van der Waals surface area contributed by atoms with Gasteiger partial charge in [-0.2, -0.15) is 4.98 Å². The molecule has 1 unspecified atom stereocenters. The van der Waals surface area contributed by atoms with Crippen molar-refractivity contribution in [2.45, 2.75) is 18.9 Å². The van der Waals surface area contributed by atoms with Crippen molar-refractivity contribution in [1.29, 1.82) is 0 Å². The summed E-state index contributed by atoms with van der Waals surface area (Å²) in [5, 5.41) is 6.01. The average molecular weight is 298 g/mol. The molecule has 1 fully saturated rings. The molecule has 1 aliphatic rings. The monoisotopic (exact) mass is 298 g/mol. The molecule has 8 heteroatoms. The van der Waals surface area contributed by atoms with Crippen LogP contribution in [0.5, 0.6) is 0 Å². The number of nitrogens with zero attached hydrogens (tertiary/aromatic N) is 2. The van der Waals surface area contributed by atoms with Gasteiger partial charge in [-0.1, -0.05) is 0 Å². The van der Waals surface area contributed by atoms with Crippen LogP contribution in [0.15, 0.2) is 11.4 Å². The summed E-state index contributed by atoms with van der Waals surface area (Å²) in [6.07, 6.45) is 1.52. The van der Waals surface area contributed by atoms with Crippen LogP contribution in [0.2, 0.25) is 0 Å². The molecule has 0 aromatic carbocycles. The summed E-state index contributed by atoms with van der Waals surface area (Å²) in [4.78, 5) is 9.14. The van der Waals surface area contributed by atoms with E-state index in [9.17, 15) is 8.42 Å². The zero-order chi connectivity index (χ0) is 13.5.